The molecule has 5 nitrogen and oxygen atoms in total. The number of methoxy groups -OCH3 is 1. The standard InChI is InChI=1S/C6H8N2O3/c1-8(6(10)11-2)5(3-7)4-9/h4,9H,1-2H3. The van der Waals surface area contributed by atoms with Gasteiger partial charge in [-0.25, -0.2) is 4.79 Å². The summed E-state index contributed by atoms with van der Waals surface area (Å²) < 4.78 is 4.28. The second-order valence-corrected chi connectivity index (χ2v) is 1.66. The molecule has 0 radical (unpaired) electrons. The van der Waals surface area contributed by atoms with Crippen LogP contribution in [0.5, 0.6) is 0 Å². The van der Waals surface area contributed by atoms with E-state index in [2.05, 4.69) is 4.74 Å². The number of carbonyl (C=O) groups is 1. The molecule has 0 unspecified atom stereocenters. The Hall–Kier alpha value is -1.70. The zero-order valence-corrected chi connectivity index (χ0v) is 6.24. The Labute approximate surface area is 64.1 Å². The largest absolute Gasteiger partial charge is 0.513 e. The van der Waals surface area contributed by atoms with Crippen LogP contribution >= 0.6 is 0 Å². The Balaban J connectivity index is 4.37. The highest BCUT2D eigenvalue weighted by Gasteiger charge is 2.12. The molecule has 1 N–H and O–H groups in total. The molecular formula is C6H8N2O3. The van der Waals surface area contributed by atoms with Crippen LogP contribution < -0.4 is 0 Å². The number of carbonyl (C=O) groups excluding carboxylic acids is 1. The number of ether oxygens (including phenoxy) is 1. The molecule has 11 heavy (non-hydrogen) atoms. The third-order valence-corrected chi connectivity index (χ3v) is 1.05. The molecule has 1 amide bonds. The van der Waals surface area contributed by atoms with Crippen LogP contribution in [0, 0.1) is 11.3 Å². The fourth-order valence-corrected chi connectivity index (χ4v) is 0.426. The molecule has 0 rings (SSSR count). The molecule has 0 saturated carbocycles. The maximum Gasteiger partial charge on any atom is 0.414 e. The van der Waals surface area contributed by atoms with Crippen molar-refractivity contribution in [3.05, 3.63) is 12.0 Å². The van der Waals surface area contributed by atoms with Crippen LogP contribution in [-0.2, 0) is 4.74 Å². The topological polar surface area (TPSA) is 73.6 Å². The predicted molar refractivity (Wildman–Crippen MR) is 36.5 cm³/mol. The smallest absolute Gasteiger partial charge is 0.414 e. The summed E-state index contributed by atoms with van der Waals surface area (Å²) in [5, 5.41) is 16.7. The minimum absolute atomic E-state index is 0.170. The van der Waals surface area contributed by atoms with E-state index in [4.69, 9.17) is 10.4 Å². The van der Waals surface area contributed by atoms with E-state index in [1.807, 2.05) is 0 Å². The minimum atomic E-state index is -0.702. The van der Waals surface area contributed by atoms with Crippen LogP contribution in [0.3, 0.4) is 0 Å². The Morgan fingerprint density at radius 1 is 1.82 bits per heavy atom. The Morgan fingerprint density at radius 2 is 2.36 bits per heavy atom. The highest BCUT2D eigenvalue weighted by molar-refractivity contribution is 5.70. The monoisotopic (exact) mass is 156 g/mol. The maximum absolute atomic E-state index is 10.7. The average molecular weight is 156 g/mol. The molecule has 60 valence electrons. The predicted octanol–water partition coefficient (Wildman–Crippen LogP) is 0.608. The quantitative estimate of drug-likeness (QED) is 0.445. The fraction of sp³-hybridized carbons (Fsp3) is 0.333. The van der Waals surface area contributed by atoms with Crippen LogP contribution in [0.4, 0.5) is 4.79 Å². The first-order valence-corrected chi connectivity index (χ1v) is 2.73. The van der Waals surface area contributed by atoms with Crippen LogP contribution in [-0.4, -0.2) is 30.3 Å². The summed E-state index contributed by atoms with van der Waals surface area (Å²) in [6.07, 6.45) is -0.163. The van der Waals surface area contributed by atoms with Crippen molar-refractivity contribution >= 4 is 6.09 Å². The van der Waals surface area contributed by atoms with Gasteiger partial charge in [0.2, 0.25) is 0 Å². The third kappa shape index (κ3) is 2.18. The molecule has 0 bridgehead atoms. The highest BCUT2D eigenvalue weighted by atomic mass is 16.5. The lowest BCUT2D eigenvalue weighted by Gasteiger charge is -2.11. The number of hydrogen-bond donors (Lipinski definition) is 1. The first-order chi connectivity index (χ1) is 5.17. The molecule has 0 fully saturated rings. The fourth-order valence-electron chi connectivity index (χ4n) is 0.426. The molecule has 0 aromatic rings. The first kappa shape index (κ1) is 9.30. The lowest BCUT2D eigenvalue weighted by atomic mass is 10.5. The van der Waals surface area contributed by atoms with Crippen molar-refractivity contribution < 1.29 is 14.6 Å². The van der Waals surface area contributed by atoms with E-state index in [9.17, 15) is 4.79 Å². The summed E-state index contributed by atoms with van der Waals surface area (Å²) >= 11 is 0. The molecule has 0 spiro atoms. The van der Waals surface area contributed by atoms with E-state index in [1.165, 1.54) is 14.2 Å². The van der Waals surface area contributed by atoms with Crippen LogP contribution in [0.15, 0.2) is 12.0 Å². The van der Waals surface area contributed by atoms with E-state index >= 15 is 0 Å². The molecule has 0 aromatic carbocycles. The Bertz CT molecular complexity index is 216. The number of nitriles is 1. The molecule has 0 aromatic heterocycles. The van der Waals surface area contributed by atoms with Crippen LogP contribution in [0.25, 0.3) is 0 Å². The van der Waals surface area contributed by atoms with Gasteiger partial charge in [-0.2, -0.15) is 5.26 Å². The summed E-state index contributed by atoms with van der Waals surface area (Å²) in [4.78, 5) is 11.6. The number of allylic oxidation sites excluding steroid dienone is 1. The zero-order chi connectivity index (χ0) is 8.85. The molecule has 0 heterocycles. The zero-order valence-electron chi connectivity index (χ0n) is 6.24. The lowest BCUT2D eigenvalue weighted by Crippen LogP contribution is -2.25. The molecular weight excluding hydrogens is 148 g/mol. The molecule has 0 saturated heterocycles. The van der Waals surface area contributed by atoms with Gasteiger partial charge in [-0.15, -0.1) is 0 Å². The lowest BCUT2D eigenvalue weighted by molar-refractivity contribution is 0.144. The summed E-state index contributed by atoms with van der Waals surface area (Å²) in [7, 11) is 2.50. The van der Waals surface area contributed by atoms with Gasteiger partial charge in [-0.3, -0.25) is 4.90 Å². The summed E-state index contributed by atoms with van der Waals surface area (Å²) in [6, 6.07) is 1.60. The normalized spacial score (nSPS) is 10.1. The van der Waals surface area contributed by atoms with Crippen molar-refractivity contribution in [3.63, 3.8) is 0 Å². The molecule has 0 aliphatic heterocycles. The Morgan fingerprint density at radius 3 is 2.64 bits per heavy atom. The minimum Gasteiger partial charge on any atom is -0.513 e. The number of rotatable bonds is 1. The van der Waals surface area contributed by atoms with Crippen molar-refractivity contribution in [2.24, 2.45) is 0 Å². The number of aliphatic hydroxyl groups is 1. The van der Waals surface area contributed by atoms with Crippen molar-refractivity contribution in [2.75, 3.05) is 14.2 Å². The number of nitrogens with zero attached hydrogens (tertiary/aromatic N) is 2. The summed E-state index contributed by atoms with van der Waals surface area (Å²) in [6.45, 7) is 0. The second-order valence-electron chi connectivity index (χ2n) is 1.66. The van der Waals surface area contributed by atoms with Gasteiger partial charge < -0.3 is 9.84 Å². The Kier molecular flexibility index (Phi) is 3.52. The van der Waals surface area contributed by atoms with Gasteiger partial charge in [0.05, 0.1) is 7.11 Å². The number of aliphatic hydroxyl groups excluding tert-OH is 1. The highest BCUT2D eigenvalue weighted by Crippen LogP contribution is 1.99. The van der Waals surface area contributed by atoms with Crippen LogP contribution in [0.2, 0.25) is 0 Å². The van der Waals surface area contributed by atoms with Gasteiger partial charge >= 0.3 is 6.09 Å². The SMILES string of the molecule is COC(=O)N(C)C(C#N)=CO. The van der Waals surface area contributed by atoms with Gasteiger partial charge in [-0.1, -0.05) is 0 Å². The van der Waals surface area contributed by atoms with E-state index in [0.29, 0.717) is 6.26 Å². The molecule has 0 aliphatic rings. The van der Waals surface area contributed by atoms with E-state index in [-0.39, 0.29) is 5.70 Å². The van der Waals surface area contributed by atoms with E-state index in [1.54, 1.807) is 6.07 Å². The van der Waals surface area contributed by atoms with Crippen molar-refractivity contribution in [2.45, 2.75) is 0 Å². The number of amides is 1. The molecule has 5 heteroatoms. The molecule has 0 atom stereocenters. The van der Waals surface area contributed by atoms with Gasteiger partial charge in [0.15, 0.2) is 5.70 Å². The van der Waals surface area contributed by atoms with Gasteiger partial charge in [0.1, 0.15) is 12.3 Å². The van der Waals surface area contributed by atoms with Crippen molar-refractivity contribution in [3.8, 4) is 6.07 Å². The summed E-state index contributed by atoms with van der Waals surface area (Å²) in [5.74, 6) is 0. The summed E-state index contributed by atoms with van der Waals surface area (Å²) in [5.41, 5.74) is -0.170. The maximum atomic E-state index is 10.7. The van der Waals surface area contributed by atoms with Crippen molar-refractivity contribution in [1.82, 2.24) is 4.90 Å². The van der Waals surface area contributed by atoms with E-state index < -0.39 is 6.09 Å². The first-order valence-electron chi connectivity index (χ1n) is 2.73. The van der Waals surface area contributed by atoms with Crippen molar-refractivity contribution in [1.29, 1.82) is 5.26 Å². The van der Waals surface area contributed by atoms with Crippen LogP contribution in [0.1, 0.15) is 0 Å². The van der Waals surface area contributed by atoms with E-state index in [0.717, 1.165) is 4.90 Å². The molecule has 0 aliphatic carbocycles. The van der Waals surface area contributed by atoms with Gasteiger partial charge in [-0.05, 0) is 0 Å². The van der Waals surface area contributed by atoms with Gasteiger partial charge in [0.25, 0.3) is 0 Å². The van der Waals surface area contributed by atoms with Gasteiger partial charge in [0, 0.05) is 7.05 Å². The number of hydrogen-bond acceptors (Lipinski definition) is 4. The third-order valence-electron chi connectivity index (χ3n) is 1.05. The average Bonchev–Trinajstić information content (AvgIpc) is 2.05. The second kappa shape index (κ2) is 4.17.